The summed E-state index contributed by atoms with van der Waals surface area (Å²) >= 11 is 6.97. The monoisotopic (exact) mass is 468 g/mol. The average molecular weight is 469 g/mol. The second-order valence-corrected chi connectivity index (χ2v) is 8.40. The summed E-state index contributed by atoms with van der Waals surface area (Å²) in [6.45, 7) is 1.62. The maximum absolute atomic E-state index is 13.1. The Balaban J connectivity index is 1.93. The van der Waals surface area contributed by atoms with Gasteiger partial charge in [0.1, 0.15) is 10.6 Å². The van der Waals surface area contributed by atoms with E-state index >= 15 is 0 Å². The number of esters is 1. The normalized spacial score (nSPS) is 17.6. The summed E-state index contributed by atoms with van der Waals surface area (Å²) in [7, 11) is 1.25. The van der Waals surface area contributed by atoms with Crippen molar-refractivity contribution in [1.29, 1.82) is 0 Å². The molecule has 0 saturated carbocycles. The molecule has 4 rings (SSSR count). The SMILES string of the molecule is COC(=O)c1sc(N2C(=O)C(=O)C(=C(O)c3ccccc3)C2c2ccc(Cl)cc2)nc1C. The number of rotatable bonds is 4. The van der Waals surface area contributed by atoms with Gasteiger partial charge < -0.3 is 9.84 Å². The molecule has 1 atom stereocenters. The highest BCUT2D eigenvalue weighted by Crippen LogP contribution is 2.44. The molecule has 32 heavy (non-hydrogen) atoms. The number of aliphatic hydroxyl groups excluding tert-OH is 1. The number of Topliss-reactive ketones (excluding diaryl/α,β-unsaturated/α-hetero) is 1. The van der Waals surface area contributed by atoms with Gasteiger partial charge in [-0.1, -0.05) is 65.4 Å². The van der Waals surface area contributed by atoms with Crippen LogP contribution in [0.3, 0.4) is 0 Å². The molecule has 1 aromatic heterocycles. The minimum Gasteiger partial charge on any atom is -0.507 e. The van der Waals surface area contributed by atoms with E-state index in [1.54, 1.807) is 61.5 Å². The van der Waals surface area contributed by atoms with E-state index in [9.17, 15) is 19.5 Å². The number of anilines is 1. The summed E-state index contributed by atoms with van der Waals surface area (Å²) in [5.41, 5.74) is 1.25. The van der Waals surface area contributed by atoms with E-state index in [1.807, 2.05) is 0 Å². The molecule has 1 saturated heterocycles. The van der Waals surface area contributed by atoms with Crippen LogP contribution in [0.25, 0.3) is 5.76 Å². The summed E-state index contributed by atoms with van der Waals surface area (Å²) < 4.78 is 4.78. The first-order valence-corrected chi connectivity index (χ1v) is 10.7. The Labute approximate surface area is 192 Å². The second kappa shape index (κ2) is 8.57. The molecule has 0 radical (unpaired) electrons. The molecule has 7 nitrogen and oxygen atoms in total. The molecule has 3 aromatic rings. The second-order valence-electron chi connectivity index (χ2n) is 6.99. The predicted octanol–water partition coefficient (Wildman–Crippen LogP) is 4.52. The first-order valence-electron chi connectivity index (χ1n) is 9.51. The van der Waals surface area contributed by atoms with Gasteiger partial charge in [0, 0.05) is 10.6 Å². The zero-order chi connectivity index (χ0) is 23.0. The number of aliphatic hydroxyl groups is 1. The van der Waals surface area contributed by atoms with Gasteiger partial charge in [-0.2, -0.15) is 0 Å². The highest BCUT2D eigenvalue weighted by molar-refractivity contribution is 7.17. The van der Waals surface area contributed by atoms with Crippen LogP contribution in [-0.2, 0) is 14.3 Å². The standard InChI is InChI=1S/C23H17ClN2O5S/c1-12-20(22(30)31-2)32-23(25-12)26-17(13-8-10-15(24)11-9-13)16(19(28)21(26)29)18(27)14-6-4-3-5-7-14/h3-11,17,27H,1-2H3. The number of amides is 1. The van der Waals surface area contributed by atoms with E-state index in [1.165, 1.54) is 12.0 Å². The number of hydrogen-bond acceptors (Lipinski definition) is 7. The van der Waals surface area contributed by atoms with Crippen LogP contribution in [0.15, 0.2) is 60.2 Å². The van der Waals surface area contributed by atoms with E-state index in [-0.39, 0.29) is 21.3 Å². The van der Waals surface area contributed by atoms with Crippen LogP contribution >= 0.6 is 22.9 Å². The number of halogens is 1. The Morgan fingerprint density at radius 1 is 1.12 bits per heavy atom. The summed E-state index contributed by atoms with van der Waals surface area (Å²) in [5.74, 6) is -2.59. The van der Waals surface area contributed by atoms with Crippen molar-refractivity contribution in [2.45, 2.75) is 13.0 Å². The molecule has 1 unspecified atom stereocenters. The molecule has 162 valence electrons. The third-order valence-electron chi connectivity index (χ3n) is 5.04. The van der Waals surface area contributed by atoms with Crippen molar-refractivity contribution in [2.24, 2.45) is 0 Å². The smallest absolute Gasteiger partial charge is 0.350 e. The highest BCUT2D eigenvalue weighted by atomic mass is 35.5. The molecule has 0 spiro atoms. The quantitative estimate of drug-likeness (QED) is 0.262. The lowest BCUT2D eigenvalue weighted by molar-refractivity contribution is -0.132. The molecule has 1 fully saturated rings. The van der Waals surface area contributed by atoms with Gasteiger partial charge in [0.2, 0.25) is 0 Å². The van der Waals surface area contributed by atoms with E-state index in [2.05, 4.69) is 4.98 Å². The molecule has 0 aliphatic carbocycles. The Morgan fingerprint density at radius 3 is 2.41 bits per heavy atom. The zero-order valence-electron chi connectivity index (χ0n) is 17.0. The molecule has 9 heteroatoms. The van der Waals surface area contributed by atoms with Crippen LogP contribution < -0.4 is 4.90 Å². The van der Waals surface area contributed by atoms with Gasteiger partial charge in [0.15, 0.2) is 5.13 Å². The van der Waals surface area contributed by atoms with Crippen LogP contribution in [0.2, 0.25) is 5.02 Å². The number of nitrogens with zero attached hydrogens (tertiary/aromatic N) is 2. The summed E-state index contributed by atoms with van der Waals surface area (Å²) in [6, 6.07) is 14.2. The predicted molar refractivity (Wildman–Crippen MR) is 121 cm³/mol. The molecule has 1 aliphatic rings. The largest absolute Gasteiger partial charge is 0.507 e. The molecule has 2 heterocycles. The average Bonchev–Trinajstić information content (AvgIpc) is 3.31. The zero-order valence-corrected chi connectivity index (χ0v) is 18.6. The maximum atomic E-state index is 13.1. The number of ketones is 1. The summed E-state index contributed by atoms with van der Waals surface area (Å²) in [5, 5.41) is 11.6. The van der Waals surface area contributed by atoms with Crippen molar-refractivity contribution in [2.75, 3.05) is 12.0 Å². The van der Waals surface area contributed by atoms with E-state index in [4.69, 9.17) is 16.3 Å². The highest BCUT2D eigenvalue weighted by Gasteiger charge is 2.48. The minimum absolute atomic E-state index is 0.0732. The Bertz CT molecular complexity index is 1250. The third-order valence-corrected chi connectivity index (χ3v) is 6.43. The number of carbonyl (C=O) groups excluding carboxylic acids is 3. The third kappa shape index (κ3) is 3.68. The molecular formula is C23H17ClN2O5S. The van der Waals surface area contributed by atoms with Gasteiger partial charge in [-0.15, -0.1) is 0 Å². The fourth-order valence-electron chi connectivity index (χ4n) is 3.51. The fraction of sp³-hybridized carbons (Fsp3) is 0.130. The first-order chi connectivity index (χ1) is 15.3. The molecule has 1 N–H and O–H groups in total. The van der Waals surface area contributed by atoms with Gasteiger partial charge in [0.25, 0.3) is 5.78 Å². The number of carbonyl (C=O) groups is 3. The van der Waals surface area contributed by atoms with Crippen LogP contribution in [0, 0.1) is 6.92 Å². The lowest BCUT2D eigenvalue weighted by Gasteiger charge is -2.23. The van der Waals surface area contributed by atoms with Crippen molar-refractivity contribution in [3.8, 4) is 0 Å². The summed E-state index contributed by atoms with van der Waals surface area (Å²) in [4.78, 5) is 44.0. The van der Waals surface area contributed by atoms with Crippen LogP contribution in [0.4, 0.5) is 5.13 Å². The van der Waals surface area contributed by atoms with Crippen LogP contribution in [0.5, 0.6) is 0 Å². The number of methoxy groups -OCH3 is 1. The van der Waals surface area contributed by atoms with Gasteiger partial charge in [-0.05, 0) is 24.6 Å². The molecule has 1 aliphatic heterocycles. The Morgan fingerprint density at radius 2 is 1.78 bits per heavy atom. The van der Waals surface area contributed by atoms with Crippen LogP contribution in [0.1, 0.15) is 32.5 Å². The van der Waals surface area contributed by atoms with E-state index < -0.39 is 23.7 Å². The first kappa shape index (κ1) is 21.7. The topological polar surface area (TPSA) is 96.8 Å². The molecule has 0 bridgehead atoms. The number of ether oxygens (including phenoxy) is 1. The molecular weight excluding hydrogens is 452 g/mol. The molecule has 1 amide bonds. The van der Waals surface area contributed by atoms with Crippen molar-refractivity contribution in [3.63, 3.8) is 0 Å². The van der Waals surface area contributed by atoms with Gasteiger partial charge >= 0.3 is 11.9 Å². The number of thiazole rings is 1. The van der Waals surface area contributed by atoms with Crippen molar-refractivity contribution in [1.82, 2.24) is 4.98 Å². The van der Waals surface area contributed by atoms with Gasteiger partial charge in [-0.25, -0.2) is 9.78 Å². The van der Waals surface area contributed by atoms with Gasteiger partial charge in [0.05, 0.1) is 24.4 Å². The minimum atomic E-state index is -0.955. The van der Waals surface area contributed by atoms with Crippen molar-refractivity contribution in [3.05, 3.63) is 86.9 Å². The van der Waals surface area contributed by atoms with E-state index in [0.717, 1.165) is 11.3 Å². The molecule has 2 aromatic carbocycles. The number of benzene rings is 2. The Kier molecular flexibility index (Phi) is 5.82. The van der Waals surface area contributed by atoms with E-state index in [0.29, 0.717) is 21.8 Å². The summed E-state index contributed by atoms with van der Waals surface area (Å²) in [6.07, 6.45) is 0. The number of aryl methyl sites for hydroxylation is 1. The van der Waals surface area contributed by atoms with Crippen molar-refractivity contribution >= 4 is 51.5 Å². The van der Waals surface area contributed by atoms with Crippen LogP contribution in [-0.4, -0.2) is 34.9 Å². The fourth-order valence-corrected chi connectivity index (χ4v) is 4.65. The van der Waals surface area contributed by atoms with Gasteiger partial charge in [-0.3, -0.25) is 14.5 Å². The lowest BCUT2D eigenvalue weighted by atomic mass is 9.95. The lowest BCUT2D eigenvalue weighted by Crippen LogP contribution is -2.29. The van der Waals surface area contributed by atoms with Crippen molar-refractivity contribution < 1.29 is 24.2 Å². The number of hydrogen-bond donors (Lipinski definition) is 1. The number of aromatic nitrogens is 1. The maximum Gasteiger partial charge on any atom is 0.350 e. The Hall–Kier alpha value is -3.49.